The van der Waals surface area contributed by atoms with E-state index < -0.39 is 6.03 Å². The van der Waals surface area contributed by atoms with Crippen molar-refractivity contribution in [3.63, 3.8) is 0 Å². The minimum absolute atomic E-state index is 0.235. The summed E-state index contributed by atoms with van der Waals surface area (Å²) in [5.41, 5.74) is 4.89. The first-order chi connectivity index (χ1) is 8.63. The fourth-order valence-electron chi connectivity index (χ4n) is 2.36. The summed E-state index contributed by atoms with van der Waals surface area (Å²) in [5, 5.41) is 2.08. The second-order valence-electron chi connectivity index (χ2n) is 5.08. The zero-order valence-corrected chi connectivity index (χ0v) is 10.6. The number of hydrogen-bond donors (Lipinski definition) is 2. The molecule has 0 unspecified atom stereocenters. The molecule has 0 aromatic rings. The molecule has 6 heteroatoms. The van der Waals surface area contributed by atoms with E-state index in [-0.39, 0.29) is 12.5 Å². The topological polar surface area (TPSA) is 84.7 Å². The van der Waals surface area contributed by atoms with E-state index in [1.807, 2.05) is 4.90 Å². The number of carbonyl (C=O) groups is 2. The zero-order valence-electron chi connectivity index (χ0n) is 10.6. The number of carbonyl (C=O) groups excluding carboxylic acids is 2. The van der Waals surface area contributed by atoms with Gasteiger partial charge in [-0.2, -0.15) is 0 Å². The summed E-state index contributed by atoms with van der Waals surface area (Å²) in [7, 11) is 0. The first-order valence-corrected chi connectivity index (χ1v) is 6.60. The highest BCUT2D eigenvalue weighted by Crippen LogP contribution is 2.26. The van der Waals surface area contributed by atoms with Crippen LogP contribution in [-0.4, -0.2) is 48.7 Å². The molecule has 6 nitrogen and oxygen atoms in total. The number of piperidine rings is 1. The van der Waals surface area contributed by atoms with E-state index in [9.17, 15) is 9.59 Å². The van der Waals surface area contributed by atoms with Crippen LogP contribution in [0.4, 0.5) is 4.79 Å². The quantitative estimate of drug-likeness (QED) is 0.752. The molecular weight excluding hydrogens is 234 g/mol. The predicted molar refractivity (Wildman–Crippen MR) is 65.9 cm³/mol. The number of likely N-dealkylation sites (tertiary alicyclic amines) is 1. The number of primary amides is 1. The molecule has 0 radical (unpaired) electrons. The van der Waals surface area contributed by atoms with E-state index in [1.165, 1.54) is 19.3 Å². The van der Waals surface area contributed by atoms with Crippen molar-refractivity contribution < 1.29 is 14.3 Å². The highest BCUT2D eigenvalue weighted by atomic mass is 16.5. The molecule has 1 aliphatic heterocycles. The maximum absolute atomic E-state index is 11.4. The van der Waals surface area contributed by atoms with Crippen molar-refractivity contribution in [2.24, 2.45) is 5.73 Å². The Hall–Kier alpha value is -1.14. The van der Waals surface area contributed by atoms with Crippen LogP contribution >= 0.6 is 0 Å². The van der Waals surface area contributed by atoms with Crippen LogP contribution in [-0.2, 0) is 9.53 Å². The van der Waals surface area contributed by atoms with Gasteiger partial charge in [-0.25, -0.2) is 4.79 Å². The lowest BCUT2D eigenvalue weighted by Gasteiger charge is -2.36. The summed E-state index contributed by atoms with van der Waals surface area (Å²) in [5.74, 6) is -0.333. The van der Waals surface area contributed by atoms with Gasteiger partial charge < -0.3 is 10.5 Å². The van der Waals surface area contributed by atoms with Gasteiger partial charge in [0.25, 0.3) is 0 Å². The average Bonchev–Trinajstić information content (AvgIpc) is 2.24. The van der Waals surface area contributed by atoms with Crippen LogP contribution in [0, 0.1) is 0 Å². The predicted octanol–water partition coefficient (Wildman–Crippen LogP) is 0.215. The van der Waals surface area contributed by atoms with Crippen molar-refractivity contribution in [3.05, 3.63) is 0 Å². The Morgan fingerprint density at radius 1 is 1.17 bits per heavy atom. The summed E-state index contributed by atoms with van der Waals surface area (Å²) in [6, 6.07) is -0.789. The van der Waals surface area contributed by atoms with Crippen molar-refractivity contribution >= 4 is 11.9 Å². The fraction of sp³-hybridized carbons (Fsp3) is 0.833. The standard InChI is InChI=1S/C12H21N3O3/c13-12(17)14-11(16)8-15-6-4-10(5-7-15)18-9-2-1-3-9/h9-10H,1-8H2,(H3,13,14,16,17). The molecule has 2 rings (SSSR count). The fourth-order valence-corrected chi connectivity index (χ4v) is 2.36. The van der Waals surface area contributed by atoms with Crippen LogP contribution in [0.25, 0.3) is 0 Å². The minimum Gasteiger partial charge on any atom is -0.375 e. The van der Waals surface area contributed by atoms with Crippen molar-refractivity contribution in [2.75, 3.05) is 19.6 Å². The largest absolute Gasteiger partial charge is 0.375 e. The van der Waals surface area contributed by atoms with E-state index in [0.29, 0.717) is 12.2 Å². The Morgan fingerprint density at radius 2 is 1.78 bits per heavy atom. The maximum Gasteiger partial charge on any atom is 0.318 e. The molecule has 102 valence electrons. The third-order valence-corrected chi connectivity index (χ3v) is 3.60. The van der Waals surface area contributed by atoms with Gasteiger partial charge in [0.05, 0.1) is 18.8 Å². The van der Waals surface area contributed by atoms with E-state index in [2.05, 4.69) is 5.32 Å². The molecule has 3 N–H and O–H groups in total. The molecule has 1 saturated carbocycles. The van der Waals surface area contributed by atoms with Crippen LogP contribution in [0.5, 0.6) is 0 Å². The summed E-state index contributed by atoms with van der Waals surface area (Å²) in [6.07, 6.45) is 6.41. The number of hydrogen-bond acceptors (Lipinski definition) is 4. The Balaban J connectivity index is 1.63. The second-order valence-corrected chi connectivity index (χ2v) is 5.08. The lowest BCUT2D eigenvalue weighted by Crippen LogP contribution is -2.46. The molecule has 0 aromatic heterocycles. The van der Waals surface area contributed by atoms with E-state index in [0.717, 1.165) is 25.9 Å². The number of urea groups is 1. The van der Waals surface area contributed by atoms with Crippen molar-refractivity contribution in [1.29, 1.82) is 0 Å². The molecule has 18 heavy (non-hydrogen) atoms. The van der Waals surface area contributed by atoms with Gasteiger partial charge in [0, 0.05) is 13.1 Å². The lowest BCUT2D eigenvalue weighted by molar-refractivity contribution is -0.122. The number of amides is 3. The van der Waals surface area contributed by atoms with Gasteiger partial charge in [0.2, 0.25) is 5.91 Å². The van der Waals surface area contributed by atoms with Gasteiger partial charge >= 0.3 is 6.03 Å². The SMILES string of the molecule is NC(=O)NC(=O)CN1CCC(OC2CCC2)CC1. The van der Waals surface area contributed by atoms with Gasteiger partial charge in [-0.15, -0.1) is 0 Å². The highest BCUT2D eigenvalue weighted by Gasteiger charge is 2.26. The molecule has 0 aromatic carbocycles. The number of imide groups is 1. The Labute approximate surface area is 107 Å². The van der Waals surface area contributed by atoms with E-state index in [1.54, 1.807) is 0 Å². The Bertz CT molecular complexity index is 310. The van der Waals surface area contributed by atoms with Gasteiger partial charge in [-0.05, 0) is 32.1 Å². The van der Waals surface area contributed by atoms with Crippen LogP contribution in [0.15, 0.2) is 0 Å². The first kappa shape index (κ1) is 13.3. The summed E-state index contributed by atoms with van der Waals surface area (Å²) < 4.78 is 5.94. The first-order valence-electron chi connectivity index (χ1n) is 6.60. The average molecular weight is 255 g/mol. The zero-order chi connectivity index (χ0) is 13.0. The molecule has 3 amide bonds. The third-order valence-electron chi connectivity index (χ3n) is 3.60. The third kappa shape index (κ3) is 3.96. The number of ether oxygens (including phenoxy) is 1. The molecule has 0 bridgehead atoms. The monoisotopic (exact) mass is 255 g/mol. The van der Waals surface area contributed by atoms with Crippen LogP contribution in [0.2, 0.25) is 0 Å². The minimum atomic E-state index is -0.789. The molecular formula is C12H21N3O3. The number of nitrogens with two attached hydrogens (primary N) is 1. The smallest absolute Gasteiger partial charge is 0.318 e. The molecule has 1 saturated heterocycles. The number of nitrogens with zero attached hydrogens (tertiary/aromatic N) is 1. The lowest BCUT2D eigenvalue weighted by atomic mass is 9.95. The summed E-state index contributed by atoms with van der Waals surface area (Å²) in [6.45, 7) is 1.91. The number of nitrogens with one attached hydrogen (secondary N) is 1. The Morgan fingerprint density at radius 3 is 2.28 bits per heavy atom. The second kappa shape index (κ2) is 6.15. The van der Waals surface area contributed by atoms with E-state index in [4.69, 9.17) is 10.5 Å². The van der Waals surface area contributed by atoms with Gasteiger partial charge in [0.15, 0.2) is 0 Å². The van der Waals surface area contributed by atoms with Crippen molar-refractivity contribution in [2.45, 2.75) is 44.3 Å². The van der Waals surface area contributed by atoms with Gasteiger partial charge in [0.1, 0.15) is 0 Å². The van der Waals surface area contributed by atoms with Crippen molar-refractivity contribution in [3.8, 4) is 0 Å². The summed E-state index contributed by atoms with van der Waals surface area (Å²) >= 11 is 0. The normalized spacial score (nSPS) is 22.4. The van der Waals surface area contributed by atoms with Crippen LogP contribution in [0.1, 0.15) is 32.1 Å². The molecule has 2 fully saturated rings. The molecule has 1 aliphatic carbocycles. The van der Waals surface area contributed by atoms with E-state index >= 15 is 0 Å². The number of rotatable bonds is 4. The van der Waals surface area contributed by atoms with Crippen LogP contribution in [0.3, 0.4) is 0 Å². The Kier molecular flexibility index (Phi) is 4.54. The van der Waals surface area contributed by atoms with Crippen LogP contribution < -0.4 is 11.1 Å². The molecule has 2 aliphatic rings. The molecule has 1 heterocycles. The highest BCUT2D eigenvalue weighted by molar-refractivity contribution is 5.94. The van der Waals surface area contributed by atoms with Gasteiger partial charge in [-0.3, -0.25) is 15.0 Å². The van der Waals surface area contributed by atoms with Crippen molar-refractivity contribution in [1.82, 2.24) is 10.2 Å². The molecule has 0 spiro atoms. The molecule has 0 atom stereocenters. The maximum atomic E-state index is 11.4. The summed E-state index contributed by atoms with van der Waals surface area (Å²) in [4.78, 5) is 23.9. The van der Waals surface area contributed by atoms with Gasteiger partial charge in [-0.1, -0.05) is 0 Å².